The molecule has 104 valence electrons. The molecule has 0 fully saturated rings. The summed E-state index contributed by atoms with van der Waals surface area (Å²) in [5.41, 5.74) is 0. The smallest absolute Gasteiger partial charge is 0.208 e. The van der Waals surface area contributed by atoms with Gasteiger partial charge in [-0.15, -0.1) is 10.2 Å². The predicted molar refractivity (Wildman–Crippen MR) is 78.9 cm³/mol. The van der Waals surface area contributed by atoms with E-state index in [4.69, 9.17) is 4.74 Å². The number of anilines is 1. The third-order valence-corrected chi connectivity index (χ3v) is 4.55. The topological polar surface area (TPSA) is 50.3 Å². The van der Waals surface area contributed by atoms with Crippen LogP contribution in [0.25, 0.3) is 0 Å². The van der Waals surface area contributed by atoms with Gasteiger partial charge in [-0.3, -0.25) is 0 Å². The molecule has 0 aliphatic rings. The molecule has 0 unspecified atom stereocenters. The quantitative estimate of drug-likeness (QED) is 0.523. The Morgan fingerprint density at radius 1 is 1.28 bits per heavy atom. The van der Waals surface area contributed by atoms with Gasteiger partial charge in [-0.25, -0.2) is 0 Å². The fourth-order valence-electron chi connectivity index (χ4n) is 1.25. The molecular formula is C11H22N4OS2. The van der Waals surface area contributed by atoms with Gasteiger partial charge in [-0.1, -0.05) is 23.1 Å². The van der Waals surface area contributed by atoms with E-state index in [2.05, 4.69) is 15.5 Å². The maximum atomic E-state index is 4.96. The Bertz CT molecular complexity index is 320. The number of hydrogen-bond acceptors (Lipinski definition) is 7. The summed E-state index contributed by atoms with van der Waals surface area (Å²) in [6.45, 7) is 2.78. The first-order valence-corrected chi connectivity index (χ1v) is 7.87. The molecule has 0 spiro atoms. The molecule has 1 N–H and O–H groups in total. The van der Waals surface area contributed by atoms with Crippen LogP contribution < -0.4 is 10.2 Å². The van der Waals surface area contributed by atoms with Gasteiger partial charge in [0.25, 0.3) is 0 Å². The fourth-order valence-corrected chi connectivity index (χ4v) is 3.09. The second-order valence-corrected chi connectivity index (χ2v) is 6.34. The zero-order valence-electron chi connectivity index (χ0n) is 11.3. The van der Waals surface area contributed by atoms with Crippen molar-refractivity contribution in [3.8, 4) is 0 Å². The van der Waals surface area contributed by atoms with Gasteiger partial charge in [-0.2, -0.15) is 0 Å². The van der Waals surface area contributed by atoms with Crippen LogP contribution in [0.3, 0.4) is 0 Å². The summed E-state index contributed by atoms with van der Waals surface area (Å²) >= 11 is 3.44. The fraction of sp³-hybridized carbons (Fsp3) is 0.818. The number of hydrogen-bond donors (Lipinski definition) is 1. The summed E-state index contributed by atoms with van der Waals surface area (Å²) in [5, 5.41) is 12.6. The Morgan fingerprint density at radius 2 is 2.11 bits per heavy atom. The second kappa shape index (κ2) is 9.55. The number of unbranched alkanes of at least 4 members (excludes halogenated alkanes) is 1. The lowest BCUT2D eigenvalue weighted by Crippen LogP contribution is -2.20. The van der Waals surface area contributed by atoms with Gasteiger partial charge in [0.05, 0.1) is 6.61 Å². The first kappa shape index (κ1) is 15.7. The van der Waals surface area contributed by atoms with Crippen molar-refractivity contribution in [3.63, 3.8) is 0 Å². The zero-order valence-corrected chi connectivity index (χ0v) is 12.9. The van der Waals surface area contributed by atoms with Crippen molar-refractivity contribution in [1.29, 1.82) is 0 Å². The molecule has 18 heavy (non-hydrogen) atoms. The third kappa shape index (κ3) is 6.53. The second-order valence-electron chi connectivity index (χ2n) is 4.04. The Morgan fingerprint density at radius 3 is 2.78 bits per heavy atom. The Hall–Kier alpha value is -0.370. The van der Waals surface area contributed by atoms with Crippen LogP contribution in [0, 0.1) is 0 Å². The molecule has 0 saturated carbocycles. The number of ether oxygens (including phenoxy) is 1. The maximum Gasteiger partial charge on any atom is 0.208 e. The van der Waals surface area contributed by atoms with E-state index in [0.717, 1.165) is 34.9 Å². The van der Waals surface area contributed by atoms with Gasteiger partial charge >= 0.3 is 0 Å². The van der Waals surface area contributed by atoms with Crippen LogP contribution in [0.15, 0.2) is 4.34 Å². The number of nitrogens with one attached hydrogen (secondary N) is 1. The molecule has 1 aromatic rings. The van der Waals surface area contributed by atoms with Crippen molar-refractivity contribution in [1.82, 2.24) is 15.5 Å². The van der Waals surface area contributed by atoms with Crippen LogP contribution in [0.5, 0.6) is 0 Å². The molecule has 0 aliphatic heterocycles. The largest absolute Gasteiger partial charge is 0.383 e. The highest BCUT2D eigenvalue weighted by molar-refractivity contribution is 8.01. The molecule has 0 atom stereocenters. The average molecular weight is 290 g/mol. The molecule has 0 aromatic carbocycles. The normalized spacial score (nSPS) is 10.8. The van der Waals surface area contributed by atoms with Crippen LogP contribution in [0.4, 0.5) is 5.13 Å². The SMILES string of the molecule is COCCNCCCCSc1nnc(N(C)C)s1. The lowest BCUT2D eigenvalue weighted by atomic mass is 10.3. The first-order valence-electron chi connectivity index (χ1n) is 6.07. The van der Waals surface area contributed by atoms with E-state index in [0.29, 0.717) is 0 Å². The Kier molecular flexibility index (Phi) is 8.32. The summed E-state index contributed by atoms with van der Waals surface area (Å²) in [6, 6.07) is 0. The summed E-state index contributed by atoms with van der Waals surface area (Å²) in [6.07, 6.45) is 2.39. The van der Waals surface area contributed by atoms with Crippen molar-refractivity contribution in [2.75, 3.05) is 51.6 Å². The molecule has 7 heteroatoms. The van der Waals surface area contributed by atoms with E-state index in [1.807, 2.05) is 19.0 Å². The Labute approximate surface area is 117 Å². The molecule has 1 aromatic heterocycles. The monoisotopic (exact) mass is 290 g/mol. The third-order valence-electron chi connectivity index (χ3n) is 2.23. The van der Waals surface area contributed by atoms with Crippen LogP contribution in [0.1, 0.15) is 12.8 Å². The molecule has 1 rings (SSSR count). The highest BCUT2D eigenvalue weighted by Crippen LogP contribution is 2.27. The molecule has 0 saturated heterocycles. The highest BCUT2D eigenvalue weighted by Gasteiger charge is 2.05. The van der Waals surface area contributed by atoms with Crippen LogP contribution >= 0.6 is 23.1 Å². The summed E-state index contributed by atoms with van der Waals surface area (Å²) in [7, 11) is 5.70. The predicted octanol–water partition coefficient (Wildman–Crippen LogP) is 1.71. The average Bonchev–Trinajstić information content (AvgIpc) is 2.81. The molecule has 0 aliphatic carbocycles. The molecule has 5 nitrogen and oxygen atoms in total. The number of methoxy groups -OCH3 is 1. The van der Waals surface area contributed by atoms with E-state index < -0.39 is 0 Å². The van der Waals surface area contributed by atoms with E-state index in [-0.39, 0.29) is 0 Å². The van der Waals surface area contributed by atoms with E-state index in [1.165, 1.54) is 12.8 Å². The minimum Gasteiger partial charge on any atom is -0.383 e. The van der Waals surface area contributed by atoms with Gasteiger partial charge < -0.3 is 15.0 Å². The van der Waals surface area contributed by atoms with Gasteiger partial charge in [0, 0.05) is 33.5 Å². The number of aromatic nitrogens is 2. The van der Waals surface area contributed by atoms with E-state index in [1.54, 1.807) is 30.2 Å². The molecule has 0 amide bonds. The van der Waals surface area contributed by atoms with Crippen molar-refractivity contribution in [2.24, 2.45) is 0 Å². The summed E-state index contributed by atoms with van der Waals surface area (Å²) in [5.74, 6) is 1.11. The lowest BCUT2D eigenvalue weighted by Gasteiger charge is -2.04. The molecule has 1 heterocycles. The van der Waals surface area contributed by atoms with Crippen molar-refractivity contribution in [3.05, 3.63) is 0 Å². The molecular weight excluding hydrogens is 268 g/mol. The van der Waals surface area contributed by atoms with Crippen LogP contribution in [-0.4, -0.2) is 56.9 Å². The maximum absolute atomic E-state index is 4.96. The van der Waals surface area contributed by atoms with E-state index >= 15 is 0 Å². The van der Waals surface area contributed by atoms with Gasteiger partial charge in [0.2, 0.25) is 5.13 Å². The minimum atomic E-state index is 0.785. The van der Waals surface area contributed by atoms with Crippen LogP contribution in [-0.2, 0) is 4.74 Å². The highest BCUT2D eigenvalue weighted by atomic mass is 32.2. The standard InChI is InChI=1S/C11H22N4OS2/c1-15(2)10-13-14-11(18-10)17-9-5-4-6-12-7-8-16-3/h12H,4-9H2,1-3H3. The van der Waals surface area contributed by atoms with Gasteiger partial charge in [0.1, 0.15) is 0 Å². The van der Waals surface area contributed by atoms with E-state index in [9.17, 15) is 0 Å². The van der Waals surface area contributed by atoms with Crippen molar-refractivity contribution in [2.45, 2.75) is 17.2 Å². The zero-order chi connectivity index (χ0) is 13.2. The molecule has 0 radical (unpaired) electrons. The van der Waals surface area contributed by atoms with Gasteiger partial charge in [0.15, 0.2) is 4.34 Å². The van der Waals surface area contributed by atoms with Gasteiger partial charge in [-0.05, 0) is 19.4 Å². The lowest BCUT2D eigenvalue weighted by molar-refractivity contribution is 0.199. The number of rotatable bonds is 10. The van der Waals surface area contributed by atoms with Crippen molar-refractivity contribution >= 4 is 28.2 Å². The van der Waals surface area contributed by atoms with Crippen molar-refractivity contribution < 1.29 is 4.74 Å². The Balaban J connectivity index is 2.00. The van der Waals surface area contributed by atoms with Crippen LogP contribution in [0.2, 0.25) is 0 Å². The molecule has 0 bridgehead atoms. The minimum absolute atomic E-state index is 0.785. The number of nitrogens with zero attached hydrogens (tertiary/aromatic N) is 3. The summed E-state index contributed by atoms with van der Waals surface area (Å²) < 4.78 is 6.03. The summed E-state index contributed by atoms with van der Waals surface area (Å²) in [4.78, 5) is 1.99. The first-order chi connectivity index (χ1) is 8.74. The number of thioether (sulfide) groups is 1.